The van der Waals surface area contributed by atoms with E-state index in [4.69, 9.17) is 5.73 Å². The van der Waals surface area contributed by atoms with Crippen LogP contribution in [0.4, 0.5) is 0 Å². The number of benzene rings is 1. The molecule has 1 heterocycles. The fourth-order valence-electron chi connectivity index (χ4n) is 1.98. The van der Waals surface area contributed by atoms with Crippen LogP contribution < -0.4 is 5.73 Å². The van der Waals surface area contributed by atoms with Crippen molar-refractivity contribution in [2.24, 2.45) is 10.7 Å². The van der Waals surface area contributed by atoms with Gasteiger partial charge >= 0.3 is 5.97 Å². The van der Waals surface area contributed by atoms with Crippen molar-refractivity contribution in [3.8, 4) is 0 Å². The number of rotatable bonds is 2. The molecule has 0 bridgehead atoms. The lowest BCUT2D eigenvalue weighted by atomic mass is 9.89. The molecule has 2 N–H and O–H groups in total. The minimum atomic E-state index is -0.325. The van der Waals surface area contributed by atoms with Crippen LogP contribution in [0, 0.1) is 0 Å². The normalized spacial score (nSPS) is 23.3. The highest BCUT2D eigenvalue weighted by Gasteiger charge is 2.29. The first-order valence-electron chi connectivity index (χ1n) is 5.72. The zero-order valence-corrected chi connectivity index (χ0v) is 11.3. The maximum absolute atomic E-state index is 11.4. The molecule has 1 aliphatic heterocycles. The van der Waals surface area contributed by atoms with Crippen LogP contribution in [0.1, 0.15) is 29.3 Å². The number of ether oxygens (including phenoxy) is 1. The molecule has 0 fully saturated rings. The molecule has 0 aliphatic carbocycles. The van der Waals surface area contributed by atoms with Crippen LogP contribution in [0.25, 0.3) is 0 Å². The third-order valence-corrected chi connectivity index (χ3v) is 3.92. The summed E-state index contributed by atoms with van der Waals surface area (Å²) >= 11 is 1.58. The number of nitrogens with two attached hydrogens (primary N) is 1. The monoisotopic (exact) mass is 264 g/mol. The predicted octanol–water partition coefficient (Wildman–Crippen LogP) is 2.14. The van der Waals surface area contributed by atoms with E-state index in [0.717, 1.165) is 17.7 Å². The van der Waals surface area contributed by atoms with Crippen LogP contribution in [-0.4, -0.2) is 24.0 Å². The average Bonchev–Trinajstić information content (AvgIpc) is 2.38. The lowest BCUT2D eigenvalue weighted by Gasteiger charge is -2.29. The third-order valence-electron chi connectivity index (χ3n) is 3.12. The van der Waals surface area contributed by atoms with Gasteiger partial charge < -0.3 is 10.5 Å². The summed E-state index contributed by atoms with van der Waals surface area (Å²) < 4.78 is 4.67. The van der Waals surface area contributed by atoms with E-state index in [9.17, 15) is 4.79 Å². The number of carbonyl (C=O) groups excluding carboxylic acids is 1. The van der Waals surface area contributed by atoms with Gasteiger partial charge in [-0.15, -0.1) is 0 Å². The molecule has 4 nitrogen and oxygen atoms in total. The van der Waals surface area contributed by atoms with Gasteiger partial charge in [0.05, 0.1) is 18.2 Å². The molecule has 96 valence electrons. The van der Waals surface area contributed by atoms with Gasteiger partial charge in [-0.2, -0.15) is 0 Å². The van der Waals surface area contributed by atoms with E-state index in [1.165, 1.54) is 7.11 Å². The van der Waals surface area contributed by atoms with Crippen molar-refractivity contribution in [2.75, 3.05) is 12.9 Å². The first-order chi connectivity index (χ1) is 8.55. The van der Waals surface area contributed by atoms with Crippen molar-refractivity contribution < 1.29 is 9.53 Å². The van der Waals surface area contributed by atoms with E-state index in [1.54, 1.807) is 23.9 Å². The zero-order chi connectivity index (χ0) is 13.2. The summed E-state index contributed by atoms with van der Waals surface area (Å²) in [5.41, 5.74) is 7.11. The summed E-state index contributed by atoms with van der Waals surface area (Å²) in [6.45, 7) is 2.06. The molecular formula is C13H16N2O2S. The fraction of sp³-hybridized carbons (Fsp3) is 0.385. The lowest BCUT2D eigenvalue weighted by molar-refractivity contribution is 0.0600. The van der Waals surface area contributed by atoms with Crippen molar-refractivity contribution in [2.45, 2.75) is 18.9 Å². The van der Waals surface area contributed by atoms with Gasteiger partial charge in [-0.05, 0) is 31.0 Å². The van der Waals surface area contributed by atoms with Gasteiger partial charge in [-0.25, -0.2) is 4.79 Å². The molecule has 2 rings (SSSR count). The van der Waals surface area contributed by atoms with E-state index in [0.29, 0.717) is 10.7 Å². The first kappa shape index (κ1) is 13.0. The van der Waals surface area contributed by atoms with Gasteiger partial charge in [0.25, 0.3) is 0 Å². The number of hydrogen-bond donors (Lipinski definition) is 1. The van der Waals surface area contributed by atoms with Crippen LogP contribution in [0.5, 0.6) is 0 Å². The second kappa shape index (κ2) is 5.02. The van der Waals surface area contributed by atoms with Gasteiger partial charge in [0, 0.05) is 5.75 Å². The Labute approximate surface area is 111 Å². The Morgan fingerprint density at radius 1 is 1.44 bits per heavy atom. The zero-order valence-electron chi connectivity index (χ0n) is 10.5. The Morgan fingerprint density at radius 3 is 2.67 bits per heavy atom. The first-order valence-corrected chi connectivity index (χ1v) is 6.71. The molecular weight excluding hydrogens is 248 g/mol. The van der Waals surface area contributed by atoms with Gasteiger partial charge in [-0.1, -0.05) is 23.9 Å². The van der Waals surface area contributed by atoms with Crippen molar-refractivity contribution in [3.63, 3.8) is 0 Å². The molecule has 18 heavy (non-hydrogen) atoms. The molecule has 1 atom stereocenters. The number of hydrogen-bond acceptors (Lipinski definition) is 5. The van der Waals surface area contributed by atoms with Crippen molar-refractivity contribution in [3.05, 3.63) is 35.4 Å². The number of thioether (sulfide) groups is 1. The van der Waals surface area contributed by atoms with E-state index in [1.807, 2.05) is 12.1 Å². The predicted molar refractivity (Wildman–Crippen MR) is 73.8 cm³/mol. The van der Waals surface area contributed by atoms with Crippen LogP contribution in [0.15, 0.2) is 29.3 Å². The smallest absolute Gasteiger partial charge is 0.337 e. The van der Waals surface area contributed by atoms with Crippen LogP contribution in [0.3, 0.4) is 0 Å². The largest absolute Gasteiger partial charge is 0.465 e. The summed E-state index contributed by atoms with van der Waals surface area (Å²) in [4.78, 5) is 15.9. The summed E-state index contributed by atoms with van der Waals surface area (Å²) in [7, 11) is 1.38. The minimum Gasteiger partial charge on any atom is -0.465 e. The molecule has 1 aromatic rings. The van der Waals surface area contributed by atoms with E-state index >= 15 is 0 Å². The van der Waals surface area contributed by atoms with Crippen LogP contribution in [-0.2, 0) is 10.3 Å². The fourth-order valence-corrected chi connectivity index (χ4v) is 2.95. The minimum absolute atomic E-state index is 0.288. The Balaban J connectivity index is 2.29. The maximum Gasteiger partial charge on any atom is 0.337 e. The second-order valence-electron chi connectivity index (χ2n) is 4.39. The molecule has 1 aromatic carbocycles. The highest BCUT2D eigenvalue weighted by Crippen LogP contribution is 2.34. The van der Waals surface area contributed by atoms with E-state index < -0.39 is 0 Å². The van der Waals surface area contributed by atoms with Crippen LogP contribution >= 0.6 is 11.8 Å². The van der Waals surface area contributed by atoms with Crippen molar-refractivity contribution in [1.29, 1.82) is 0 Å². The standard InChI is InChI=1S/C13H16N2O2S/c1-13(7-8-18-12(14)15-13)10-5-3-9(4-6-10)11(16)17-2/h3-6H,7-8H2,1-2H3,(H2,14,15). The Bertz CT molecular complexity index is 484. The number of carbonyl (C=O) groups is 1. The average molecular weight is 264 g/mol. The molecule has 1 unspecified atom stereocenters. The molecule has 0 aromatic heterocycles. The van der Waals surface area contributed by atoms with E-state index in [-0.39, 0.29) is 11.5 Å². The molecule has 0 saturated carbocycles. The third kappa shape index (κ3) is 2.51. The van der Waals surface area contributed by atoms with Gasteiger partial charge in [0.1, 0.15) is 0 Å². The maximum atomic E-state index is 11.4. The summed E-state index contributed by atoms with van der Waals surface area (Å²) in [6.07, 6.45) is 0.940. The van der Waals surface area contributed by atoms with E-state index in [2.05, 4.69) is 16.7 Å². The molecule has 1 aliphatic rings. The molecule has 0 spiro atoms. The summed E-state index contributed by atoms with van der Waals surface area (Å²) in [5.74, 6) is 0.638. The van der Waals surface area contributed by atoms with Gasteiger partial charge in [-0.3, -0.25) is 4.99 Å². The SMILES string of the molecule is COC(=O)c1ccc(C2(C)CCSC(N)=N2)cc1. The topological polar surface area (TPSA) is 64.7 Å². The Morgan fingerprint density at radius 2 is 2.11 bits per heavy atom. The molecule has 0 radical (unpaired) electrons. The van der Waals surface area contributed by atoms with Crippen molar-refractivity contribution >= 4 is 22.9 Å². The highest BCUT2D eigenvalue weighted by molar-refractivity contribution is 8.13. The van der Waals surface area contributed by atoms with Gasteiger partial charge in [0.15, 0.2) is 5.17 Å². The summed E-state index contributed by atoms with van der Waals surface area (Å²) in [5, 5.41) is 0.626. The quantitative estimate of drug-likeness (QED) is 0.831. The number of amidine groups is 1. The highest BCUT2D eigenvalue weighted by atomic mass is 32.2. The second-order valence-corrected chi connectivity index (χ2v) is 5.51. The number of methoxy groups -OCH3 is 1. The molecule has 0 amide bonds. The Kier molecular flexibility index (Phi) is 3.61. The Hall–Kier alpha value is -1.49. The summed E-state index contributed by atoms with van der Waals surface area (Å²) in [6, 6.07) is 7.36. The number of aliphatic imine (C=N–C) groups is 1. The lowest BCUT2D eigenvalue weighted by Crippen LogP contribution is -2.28. The number of esters is 1. The molecule has 0 saturated heterocycles. The van der Waals surface area contributed by atoms with Gasteiger partial charge in [0.2, 0.25) is 0 Å². The van der Waals surface area contributed by atoms with Crippen molar-refractivity contribution in [1.82, 2.24) is 0 Å². The molecule has 5 heteroatoms. The van der Waals surface area contributed by atoms with Crippen LogP contribution in [0.2, 0.25) is 0 Å². The number of nitrogens with zero attached hydrogens (tertiary/aromatic N) is 1.